The van der Waals surface area contributed by atoms with Crippen LogP contribution < -0.4 is 4.90 Å². The van der Waals surface area contributed by atoms with Crippen molar-refractivity contribution in [3.05, 3.63) is 265 Å². The van der Waals surface area contributed by atoms with Crippen molar-refractivity contribution in [3.63, 3.8) is 0 Å². The number of nitrogens with zero attached hydrogens (tertiary/aromatic N) is 2. The second-order valence-electron chi connectivity index (χ2n) is 15.5. The van der Waals surface area contributed by atoms with E-state index >= 15 is 0 Å². The second kappa shape index (κ2) is 14.1. The highest BCUT2D eigenvalue weighted by molar-refractivity contribution is 6.10. The van der Waals surface area contributed by atoms with Gasteiger partial charge in [-0.05, 0) is 116 Å². The molecule has 1 heterocycles. The van der Waals surface area contributed by atoms with Crippen LogP contribution in [0.1, 0.15) is 31.8 Å². The molecule has 1 aliphatic carbocycles. The minimum absolute atomic E-state index is 0.0801. The molecule has 61 heavy (non-hydrogen) atoms. The third-order valence-corrected chi connectivity index (χ3v) is 12.3. The fraction of sp³-hybridized carbons (Fsp3) is 0.0169. The van der Waals surface area contributed by atoms with Crippen LogP contribution in [0.3, 0.4) is 0 Å². The number of hydrogen-bond donors (Lipinski definition) is 0. The molecule has 286 valence electrons. The smallest absolute Gasteiger partial charge is 0.0714 e. The van der Waals surface area contributed by atoms with Gasteiger partial charge in [-0.2, -0.15) is 0 Å². The van der Waals surface area contributed by atoms with E-state index < -0.39 is 29.6 Å². The monoisotopic (exact) mass is 783 g/mol. The van der Waals surface area contributed by atoms with Gasteiger partial charge in [0.25, 0.3) is 0 Å². The maximum Gasteiger partial charge on any atom is 0.0714 e. The van der Waals surface area contributed by atoms with E-state index in [0.29, 0.717) is 0 Å². The summed E-state index contributed by atoms with van der Waals surface area (Å²) in [6.45, 7) is 0. The number of anilines is 3. The Balaban J connectivity index is 1.21. The highest BCUT2D eigenvalue weighted by atomic mass is 15.1. The Labute approximate surface area is 365 Å². The van der Waals surface area contributed by atoms with Gasteiger partial charge in [-0.3, -0.25) is 0 Å². The molecule has 0 spiro atoms. The zero-order valence-corrected chi connectivity index (χ0v) is 32.9. The fourth-order valence-electron chi connectivity index (χ4n) is 9.70. The Morgan fingerprint density at radius 2 is 1.08 bits per heavy atom. The van der Waals surface area contributed by atoms with Gasteiger partial charge in [0.2, 0.25) is 0 Å². The van der Waals surface area contributed by atoms with Gasteiger partial charge in [0.05, 0.1) is 31.7 Å². The first-order valence-electron chi connectivity index (χ1n) is 24.0. The van der Waals surface area contributed by atoms with E-state index in [1.165, 1.54) is 0 Å². The lowest BCUT2D eigenvalue weighted by atomic mass is 9.67. The van der Waals surface area contributed by atoms with E-state index in [1.807, 2.05) is 84.9 Å². The van der Waals surface area contributed by atoms with Gasteiger partial charge < -0.3 is 9.47 Å². The maximum absolute atomic E-state index is 10.2. The van der Waals surface area contributed by atoms with E-state index in [0.717, 1.165) is 83.5 Å². The molecule has 0 N–H and O–H groups in total. The predicted molar refractivity (Wildman–Crippen MR) is 256 cm³/mol. The molecule has 10 aromatic carbocycles. The summed E-state index contributed by atoms with van der Waals surface area (Å²) in [6, 6.07) is 65.6. The molecule has 12 rings (SSSR count). The molecular formula is C59H40N2. The van der Waals surface area contributed by atoms with E-state index in [4.69, 9.17) is 4.11 Å². The molecule has 2 nitrogen and oxygen atoms in total. The standard InChI is InChI=1S/C59H40N2/c1-4-19-42(20-5-1)49-26-13-16-30-56(49)60(46-22-6-2-7-23-46)48-35-36-55-52(40-48)50-27-12-15-29-54(50)59(55,44-33-32-41-18-10-11-21-43(41)38-44)45-34-37-58-53(39-45)51-28-14-17-31-57(51)61(58)47-24-8-3-9-25-47/h1-40H/i10D,11D,18D,21D,32D,33D,38D. The molecule has 1 aliphatic rings. The molecule has 1 unspecified atom stereocenters. The minimum Gasteiger partial charge on any atom is -0.310 e. The van der Waals surface area contributed by atoms with Crippen LogP contribution in [-0.2, 0) is 5.41 Å². The molecule has 1 aromatic heterocycles. The summed E-state index contributed by atoms with van der Waals surface area (Å²) in [5.41, 5.74) is 10.8. The zero-order valence-electron chi connectivity index (χ0n) is 39.9. The summed E-state index contributed by atoms with van der Waals surface area (Å²) in [5, 5.41) is 1.77. The Hall–Kier alpha value is -7.94. The van der Waals surface area contributed by atoms with Crippen LogP contribution in [0.5, 0.6) is 0 Å². The lowest BCUT2D eigenvalue weighted by molar-refractivity contribution is 0.771. The summed E-state index contributed by atoms with van der Waals surface area (Å²) in [6.07, 6.45) is 0. The van der Waals surface area contributed by atoms with Crippen molar-refractivity contribution in [1.29, 1.82) is 0 Å². The summed E-state index contributed by atoms with van der Waals surface area (Å²) < 4.78 is 67.4. The SMILES string of the molecule is [2H]c1c([2H])c([2H])c2c([2H])c(C3(c4ccc5c(c4)c4ccccc4n5-c4ccccc4)c4ccccc4-c4cc(N(c5ccccc5)c5ccccc5-c5ccccc5)ccc43)c([2H])c([2H])c2c1[2H]. The summed E-state index contributed by atoms with van der Waals surface area (Å²) in [7, 11) is 0. The molecule has 0 saturated heterocycles. The average Bonchev–Trinajstić information content (AvgIpc) is 3.87. The summed E-state index contributed by atoms with van der Waals surface area (Å²) >= 11 is 0. The van der Waals surface area contributed by atoms with Crippen LogP contribution >= 0.6 is 0 Å². The summed E-state index contributed by atoms with van der Waals surface area (Å²) in [5.74, 6) is 0. The van der Waals surface area contributed by atoms with Crippen molar-refractivity contribution in [2.75, 3.05) is 4.90 Å². The number of rotatable bonds is 7. The van der Waals surface area contributed by atoms with Crippen molar-refractivity contribution in [2.24, 2.45) is 0 Å². The van der Waals surface area contributed by atoms with Crippen LogP contribution in [0.2, 0.25) is 0 Å². The Kier molecular flexibility index (Phi) is 6.59. The predicted octanol–water partition coefficient (Wildman–Crippen LogP) is 15.4. The normalized spacial score (nSPS) is 15.9. The van der Waals surface area contributed by atoms with E-state index in [2.05, 4.69) is 125 Å². The number of hydrogen-bond acceptors (Lipinski definition) is 1. The van der Waals surface area contributed by atoms with Crippen molar-refractivity contribution < 1.29 is 9.60 Å². The molecule has 0 aliphatic heterocycles. The highest BCUT2D eigenvalue weighted by Crippen LogP contribution is 2.58. The van der Waals surface area contributed by atoms with E-state index in [1.54, 1.807) is 0 Å². The Morgan fingerprint density at radius 3 is 1.92 bits per heavy atom. The number of fused-ring (bicyclic) bond motifs is 7. The third kappa shape index (κ3) is 5.43. The van der Waals surface area contributed by atoms with Crippen LogP contribution in [0.4, 0.5) is 17.1 Å². The van der Waals surface area contributed by atoms with Crippen LogP contribution in [0.15, 0.2) is 242 Å². The lowest BCUT2D eigenvalue weighted by Gasteiger charge is -2.34. The van der Waals surface area contributed by atoms with Crippen molar-refractivity contribution in [2.45, 2.75) is 5.41 Å². The van der Waals surface area contributed by atoms with Gasteiger partial charge in [0.1, 0.15) is 0 Å². The number of aromatic nitrogens is 1. The molecule has 0 saturated carbocycles. The molecular weight excluding hydrogens is 737 g/mol. The Morgan fingerprint density at radius 1 is 0.426 bits per heavy atom. The Bertz CT molecular complexity index is 3830. The van der Waals surface area contributed by atoms with Gasteiger partial charge in [0.15, 0.2) is 0 Å². The molecule has 0 bridgehead atoms. The fourth-order valence-corrected chi connectivity index (χ4v) is 9.70. The number of para-hydroxylation sites is 4. The topological polar surface area (TPSA) is 8.17 Å². The van der Waals surface area contributed by atoms with Crippen molar-refractivity contribution in [3.8, 4) is 27.9 Å². The zero-order chi connectivity index (χ0) is 46.4. The largest absolute Gasteiger partial charge is 0.310 e. The first-order valence-corrected chi connectivity index (χ1v) is 20.5. The van der Waals surface area contributed by atoms with Crippen LogP contribution in [0, 0.1) is 0 Å². The lowest BCUT2D eigenvalue weighted by Crippen LogP contribution is -2.28. The van der Waals surface area contributed by atoms with Crippen molar-refractivity contribution >= 4 is 49.6 Å². The first kappa shape index (κ1) is 28.5. The van der Waals surface area contributed by atoms with Gasteiger partial charge in [-0.15, -0.1) is 0 Å². The third-order valence-electron chi connectivity index (χ3n) is 12.3. The minimum atomic E-state index is -1.40. The van der Waals surface area contributed by atoms with Crippen LogP contribution in [0.25, 0.3) is 60.5 Å². The highest BCUT2D eigenvalue weighted by Gasteiger charge is 2.46. The number of benzene rings is 10. The molecule has 2 heteroatoms. The van der Waals surface area contributed by atoms with Gasteiger partial charge >= 0.3 is 0 Å². The molecule has 0 radical (unpaired) electrons. The van der Waals surface area contributed by atoms with Gasteiger partial charge in [-0.25, -0.2) is 0 Å². The second-order valence-corrected chi connectivity index (χ2v) is 15.5. The molecule has 1 atom stereocenters. The van der Waals surface area contributed by atoms with E-state index in [9.17, 15) is 5.48 Å². The quantitative estimate of drug-likeness (QED) is 0.156. The van der Waals surface area contributed by atoms with Gasteiger partial charge in [-0.1, -0.05) is 176 Å². The van der Waals surface area contributed by atoms with Gasteiger partial charge in [0, 0.05) is 33.4 Å². The van der Waals surface area contributed by atoms with E-state index in [-0.39, 0.29) is 34.5 Å². The average molecular weight is 784 g/mol. The molecule has 11 aromatic rings. The van der Waals surface area contributed by atoms with Crippen molar-refractivity contribution in [1.82, 2.24) is 4.57 Å². The summed E-state index contributed by atoms with van der Waals surface area (Å²) in [4.78, 5) is 2.26. The maximum atomic E-state index is 10.2. The van der Waals surface area contributed by atoms with Crippen LogP contribution in [-0.4, -0.2) is 4.57 Å². The first-order chi connectivity index (χ1) is 33.2. The molecule has 0 amide bonds. The molecule has 0 fully saturated rings.